The molecule has 1 atom stereocenters. The standard InChI is InChI=1S/C19H18ClN3O/c20-15-1-2-18-17(11-15)19(5-9-22-18)23-10-6-16(12-23)24-13-14-3-7-21-8-4-14/h1-5,7-9,11,16H,6,10,12-13H2. The second kappa shape index (κ2) is 6.75. The van der Waals surface area contributed by atoms with Gasteiger partial charge in [0.25, 0.3) is 0 Å². The normalized spacial score (nSPS) is 17.5. The molecule has 0 spiro atoms. The second-order valence-corrected chi connectivity index (χ2v) is 6.45. The molecule has 0 saturated carbocycles. The summed E-state index contributed by atoms with van der Waals surface area (Å²) < 4.78 is 6.07. The Morgan fingerprint density at radius 3 is 2.88 bits per heavy atom. The third-order valence-corrected chi connectivity index (χ3v) is 4.64. The van der Waals surface area contributed by atoms with Crippen molar-refractivity contribution >= 4 is 28.2 Å². The molecule has 4 nitrogen and oxygen atoms in total. The Labute approximate surface area is 146 Å². The van der Waals surface area contributed by atoms with E-state index in [0.29, 0.717) is 6.61 Å². The fourth-order valence-corrected chi connectivity index (χ4v) is 3.33. The molecule has 0 N–H and O–H groups in total. The second-order valence-electron chi connectivity index (χ2n) is 6.01. The van der Waals surface area contributed by atoms with Gasteiger partial charge in [-0.05, 0) is 48.4 Å². The molecule has 0 bridgehead atoms. The predicted molar refractivity (Wildman–Crippen MR) is 96.4 cm³/mol. The molecule has 3 heterocycles. The van der Waals surface area contributed by atoms with Gasteiger partial charge in [0, 0.05) is 47.8 Å². The smallest absolute Gasteiger partial charge is 0.0771 e. The van der Waals surface area contributed by atoms with E-state index in [1.54, 1.807) is 12.4 Å². The summed E-state index contributed by atoms with van der Waals surface area (Å²) in [5.41, 5.74) is 3.31. The molecule has 5 heteroatoms. The van der Waals surface area contributed by atoms with Gasteiger partial charge in [-0.15, -0.1) is 0 Å². The number of fused-ring (bicyclic) bond motifs is 1. The van der Waals surface area contributed by atoms with Crippen molar-refractivity contribution in [2.75, 3.05) is 18.0 Å². The van der Waals surface area contributed by atoms with Crippen molar-refractivity contribution in [3.63, 3.8) is 0 Å². The van der Waals surface area contributed by atoms with E-state index in [4.69, 9.17) is 16.3 Å². The lowest BCUT2D eigenvalue weighted by Gasteiger charge is -2.20. The first kappa shape index (κ1) is 15.4. The van der Waals surface area contributed by atoms with Crippen LogP contribution in [0, 0.1) is 0 Å². The van der Waals surface area contributed by atoms with Crippen LogP contribution in [0.25, 0.3) is 10.9 Å². The number of pyridine rings is 2. The lowest BCUT2D eigenvalue weighted by atomic mass is 10.2. The van der Waals surface area contributed by atoms with Crippen molar-refractivity contribution in [3.8, 4) is 0 Å². The van der Waals surface area contributed by atoms with Crippen molar-refractivity contribution in [3.05, 3.63) is 65.6 Å². The van der Waals surface area contributed by atoms with Crippen molar-refractivity contribution in [2.24, 2.45) is 0 Å². The molecule has 1 aliphatic heterocycles. The number of nitrogens with zero attached hydrogens (tertiary/aromatic N) is 3. The highest BCUT2D eigenvalue weighted by Gasteiger charge is 2.24. The van der Waals surface area contributed by atoms with E-state index in [1.807, 2.05) is 36.5 Å². The van der Waals surface area contributed by atoms with E-state index in [0.717, 1.165) is 41.0 Å². The highest BCUT2D eigenvalue weighted by Crippen LogP contribution is 2.30. The number of aromatic nitrogens is 2. The van der Waals surface area contributed by atoms with Gasteiger partial charge in [0.2, 0.25) is 0 Å². The Morgan fingerprint density at radius 2 is 2.00 bits per heavy atom. The third kappa shape index (κ3) is 3.21. The molecular formula is C19H18ClN3O. The van der Waals surface area contributed by atoms with Crippen LogP contribution in [0.3, 0.4) is 0 Å². The van der Waals surface area contributed by atoms with Gasteiger partial charge >= 0.3 is 0 Å². The Kier molecular flexibility index (Phi) is 4.32. The van der Waals surface area contributed by atoms with Gasteiger partial charge in [0.1, 0.15) is 0 Å². The molecule has 0 radical (unpaired) electrons. The Balaban J connectivity index is 1.48. The van der Waals surface area contributed by atoms with Crippen molar-refractivity contribution in [1.82, 2.24) is 9.97 Å². The van der Waals surface area contributed by atoms with Crippen LogP contribution < -0.4 is 4.90 Å². The van der Waals surface area contributed by atoms with Gasteiger partial charge in [-0.25, -0.2) is 0 Å². The molecule has 1 aliphatic rings. The summed E-state index contributed by atoms with van der Waals surface area (Å²) in [5, 5.41) is 1.83. The van der Waals surface area contributed by atoms with Gasteiger partial charge < -0.3 is 9.64 Å². The van der Waals surface area contributed by atoms with Crippen molar-refractivity contribution in [1.29, 1.82) is 0 Å². The molecule has 1 aromatic carbocycles. The topological polar surface area (TPSA) is 38.2 Å². The molecule has 24 heavy (non-hydrogen) atoms. The largest absolute Gasteiger partial charge is 0.372 e. The number of hydrogen-bond donors (Lipinski definition) is 0. The van der Waals surface area contributed by atoms with Crippen LogP contribution in [0.15, 0.2) is 55.0 Å². The Bertz CT molecular complexity index is 840. The molecule has 3 aromatic rings. The first-order chi connectivity index (χ1) is 11.8. The van der Waals surface area contributed by atoms with Gasteiger partial charge in [-0.3, -0.25) is 9.97 Å². The van der Waals surface area contributed by atoms with Crippen LogP contribution in [-0.4, -0.2) is 29.2 Å². The fourth-order valence-electron chi connectivity index (χ4n) is 3.16. The summed E-state index contributed by atoms with van der Waals surface area (Å²) in [6.07, 6.45) is 6.71. The van der Waals surface area contributed by atoms with E-state index in [1.165, 1.54) is 5.69 Å². The van der Waals surface area contributed by atoms with Crippen LogP contribution in [0.1, 0.15) is 12.0 Å². The average molecular weight is 340 g/mol. The number of halogens is 1. The first-order valence-corrected chi connectivity index (χ1v) is 8.47. The zero-order valence-electron chi connectivity index (χ0n) is 13.2. The minimum Gasteiger partial charge on any atom is -0.372 e. The van der Waals surface area contributed by atoms with Gasteiger partial charge in [-0.2, -0.15) is 0 Å². The molecule has 1 fully saturated rings. The number of benzene rings is 1. The summed E-state index contributed by atoms with van der Waals surface area (Å²) in [6.45, 7) is 2.49. The summed E-state index contributed by atoms with van der Waals surface area (Å²) in [4.78, 5) is 10.8. The minimum absolute atomic E-state index is 0.237. The first-order valence-electron chi connectivity index (χ1n) is 8.09. The van der Waals surface area contributed by atoms with E-state index >= 15 is 0 Å². The fraction of sp³-hybridized carbons (Fsp3) is 0.263. The van der Waals surface area contributed by atoms with Crippen LogP contribution in [0.5, 0.6) is 0 Å². The summed E-state index contributed by atoms with van der Waals surface area (Å²) in [6, 6.07) is 11.9. The molecule has 122 valence electrons. The van der Waals surface area contributed by atoms with Gasteiger partial charge in [-0.1, -0.05) is 11.6 Å². The van der Waals surface area contributed by atoms with E-state index < -0.39 is 0 Å². The number of rotatable bonds is 4. The predicted octanol–water partition coefficient (Wildman–Crippen LogP) is 4.08. The van der Waals surface area contributed by atoms with Gasteiger partial charge in [0.15, 0.2) is 0 Å². The van der Waals surface area contributed by atoms with Gasteiger partial charge in [0.05, 0.1) is 18.2 Å². The maximum atomic E-state index is 6.17. The molecule has 1 unspecified atom stereocenters. The van der Waals surface area contributed by atoms with Crippen LogP contribution in [0.4, 0.5) is 5.69 Å². The number of anilines is 1. The summed E-state index contributed by atoms with van der Waals surface area (Å²) in [5.74, 6) is 0. The van der Waals surface area contributed by atoms with E-state index in [9.17, 15) is 0 Å². The SMILES string of the molecule is Clc1ccc2nccc(N3CCC(OCc4ccncc4)C3)c2c1. The molecular weight excluding hydrogens is 322 g/mol. The zero-order chi connectivity index (χ0) is 16.4. The summed E-state index contributed by atoms with van der Waals surface area (Å²) >= 11 is 6.17. The van der Waals surface area contributed by atoms with Crippen molar-refractivity contribution in [2.45, 2.75) is 19.1 Å². The highest BCUT2D eigenvalue weighted by molar-refractivity contribution is 6.31. The molecule has 1 saturated heterocycles. The Morgan fingerprint density at radius 1 is 1.12 bits per heavy atom. The average Bonchev–Trinajstić information content (AvgIpc) is 3.09. The zero-order valence-corrected chi connectivity index (χ0v) is 14.0. The Hall–Kier alpha value is -2.17. The summed E-state index contributed by atoms with van der Waals surface area (Å²) in [7, 11) is 0. The van der Waals surface area contributed by atoms with E-state index in [2.05, 4.69) is 20.9 Å². The van der Waals surface area contributed by atoms with Crippen LogP contribution in [-0.2, 0) is 11.3 Å². The lowest BCUT2D eigenvalue weighted by Crippen LogP contribution is -2.23. The number of ether oxygens (including phenoxy) is 1. The lowest BCUT2D eigenvalue weighted by molar-refractivity contribution is 0.0553. The third-order valence-electron chi connectivity index (χ3n) is 4.40. The quantitative estimate of drug-likeness (QED) is 0.718. The highest BCUT2D eigenvalue weighted by atomic mass is 35.5. The minimum atomic E-state index is 0.237. The molecule has 0 amide bonds. The van der Waals surface area contributed by atoms with E-state index in [-0.39, 0.29) is 6.10 Å². The van der Waals surface area contributed by atoms with Crippen LogP contribution in [0.2, 0.25) is 5.02 Å². The maximum absolute atomic E-state index is 6.17. The maximum Gasteiger partial charge on any atom is 0.0771 e. The molecule has 4 rings (SSSR count). The molecule has 0 aliphatic carbocycles. The van der Waals surface area contributed by atoms with Crippen LogP contribution >= 0.6 is 11.6 Å². The molecule has 2 aromatic heterocycles. The monoisotopic (exact) mass is 339 g/mol. The van der Waals surface area contributed by atoms with Crippen molar-refractivity contribution < 1.29 is 4.74 Å². The number of hydrogen-bond acceptors (Lipinski definition) is 4.